The smallest absolute Gasteiger partial charge is 0.255 e. The van der Waals surface area contributed by atoms with Gasteiger partial charge in [0.25, 0.3) is 5.91 Å². The Balaban J connectivity index is 1.96. The number of ether oxygens (including phenoxy) is 2. The molecule has 128 valence electrons. The van der Waals surface area contributed by atoms with Gasteiger partial charge >= 0.3 is 0 Å². The minimum absolute atomic E-state index is 0.0226. The van der Waals surface area contributed by atoms with Crippen LogP contribution in [0.25, 0.3) is 0 Å². The molecule has 0 spiro atoms. The lowest BCUT2D eigenvalue weighted by atomic mass is 10.0. The van der Waals surface area contributed by atoms with E-state index in [1.54, 1.807) is 6.07 Å². The van der Waals surface area contributed by atoms with Crippen LogP contribution in [-0.2, 0) is 4.74 Å². The number of anilines is 1. The molecule has 3 N–H and O–H groups in total. The lowest BCUT2D eigenvalue weighted by molar-refractivity contribution is -0.0498. The van der Waals surface area contributed by atoms with Gasteiger partial charge in [-0.2, -0.15) is 0 Å². The summed E-state index contributed by atoms with van der Waals surface area (Å²) < 4.78 is 10.7. The van der Waals surface area contributed by atoms with Crippen molar-refractivity contribution in [1.29, 1.82) is 0 Å². The van der Waals surface area contributed by atoms with Gasteiger partial charge in [-0.15, -0.1) is 0 Å². The van der Waals surface area contributed by atoms with Crippen LogP contribution in [0.5, 0.6) is 5.75 Å². The molecular formula is C16H24ClN3O3. The third-order valence-electron chi connectivity index (χ3n) is 4.05. The van der Waals surface area contributed by atoms with Crippen molar-refractivity contribution < 1.29 is 14.3 Å². The molecule has 1 aromatic carbocycles. The molecule has 0 bridgehead atoms. The van der Waals surface area contributed by atoms with Gasteiger partial charge in [0.1, 0.15) is 5.75 Å². The summed E-state index contributed by atoms with van der Waals surface area (Å²) in [4.78, 5) is 14.7. The van der Waals surface area contributed by atoms with Crippen molar-refractivity contribution in [3.05, 3.63) is 22.7 Å². The molecule has 1 heterocycles. The fraction of sp³-hybridized carbons (Fsp3) is 0.562. The molecule has 6 nitrogen and oxygen atoms in total. The number of amides is 1. The third-order valence-corrected chi connectivity index (χ3v) is 4.37. The molecular weight excluding hydrogens is 318 g/mol. The van der Waals surface area contributed by atoms with Gasteiger partial charge in [-0.05, 0) is 19.9 Å². The van der Waals surface area contributed by atoms with Gasteiger partial charge in [0, 0.05) is 31.2 Å². The SMILES string of the molecule is COc1cc(N)c(Cl)cc1C(=O)NCCN1CCOCC1(C)C. The molecule has 0 radical (unpaired) electrons. The quantitative estimate of drug-likeness (QED) is 0.798. The topological polar surface area (TPSA) is 76.8 Å². The Morgan fingerprint density at radius 1 is 1.52 bits per heavy atom. The van der Waals surface area contributed by atoms with Crippen LogP contribution >= 0.6 is 11.6 Å². The van der Waals surface area contributed by atoms with Gasteiger partial charge in [0.05, 0.1) is 36.6 Å². The van der Waals surface area contributed by atoms with Crippen LogP contribution in [0, 0.1) is 0 Å². The summed E-state index contributed by atoms with van der Waals surface area (Å²) >= 11 is 6.00. The zero-order valence-electron chi connectivity index (χ0n) is 13.8. The summed E-state index contributed by atoms with van der Waals surface area (Å²) in [5.74, 6) is 0.186. The van der Waals surface area contributed by atoms with Crippen molar-refractivity contribution in [3.63, 3.8) is 0 Å². The number of nitrogens with one attached hydrogen (secondary N) is 1. The second-order valence-corrected chi connectivity index (χ2v) is 6.59. The van der Waals surface area contributed by atoms with Crippen molar-refractivity contribution in [2.24, 2.45) is 0 Å². The number of nitrogens with zero attached hydrogens (tertiary/aromatic N) is 1. The van der Waals surface area contributed by atoms with Crippen LogP contribution in [0.3, 0.4) is 0 Å². The molecule has 1 saturated heterocycles. The molecule has 0 aromatic heterocycles. The lowest BCUT2D eigenvalue weighted by Gasteiger charge is -2.42. The van der Waals surface area contributed by atoms with Gasteiger partial charge in [0.15, 0.2) is 0 Å². The fourth-order valence-electron chi connectivity index (χ4n) is 2.62. The van der Waals surface area contributed by atoms with E-state index in [4.69, 9.17) is 26.8 Å². The van der Waals surface area contributed by atoms with Crippen molar-refractivity contribution in [3.8, 4) is 5.75 Å². The summed E-state index contributed by atoms with van der Waals surface area (Å²) in [6, 6.07) is 3.09. The highest BCUT2D eigenvalue weighted by atomic mass is 35.5. The van der Waals surface area contributed by atoms with Gasteiger partial charge < -0.3 is 20.5 Å². The number of benzene rings is 1. The molecule has 0 unspecified atom stereocenters. The molecule has 2 rings (SSSR count). The molecule has 1 aliphatic heterocycles. The number of carbonyl (C=O) groups excluding carboxylic acids is 1. The summed E-state index contributed by atoms with van der Waals surface area (Å²) in [7, 11) is 1.50. The van der Waals surface area contributed by atoms with Crippen LogP contribution in [0.4, 0.5) is 5.69 Å². The number of nitrogens with two attached hydrogens (primary N) is 1. The van der Waals surface area contributed by atoms with E-state index in [2.05, 4.69) is 24.1 Å². The number of carbonyl (C=O) groups is 1. The van der Waals surface area contributed by atoms with E-state index in [0.717, 1.165) is 19.7 Å². The predicted molar refractivity (Wildman–Crippen MR) is 91.2 cm³/mol. The summed E-state index contributed by atoms with van der Waals surface area (Å²) in [5, 5.41) is 3.24. The van der Waals surface area contributed by atoms with Gasteiger partial charge in [-0.25, -0.2) is 0 Å². The minimum Gasteiger partial charge on any atom is -0.496 e. The first-order valence-corrected chi connectivity index (χ1v) is 7.97. The molecule has 7 heteroatoms. The molecule has 0 saturated carbocycles. The molecule has 1 aliphatic rings. The number of methoxy groups -OCH3 is 1. The monoisotopic (exact) mass is 341 g/mol. The number of rotatable bonds is 5. The maximum atomic E-state index is 12.4. The average Bonchev–Trinajstić information content (AvgIpc) is 2.50. The maximum Gasteiger partial charge on any atom is 0.255 e. The first-order chi connectivity index (χ1) is 10.8. The van der Waals surface area contributed by atoms with Gasteiger partial charge in [-0.3, -0.25) is 9.69 Å². The largest absolute Gasteiger partial charge is 0.496 e. The number of hydrogen-bond acceptors (Lipinski definition) is 5. The van der Waals surface area contributed by atoms with Gasteiger partial charge in [0.2, 0.25) is 0 Å². The van der Waals surface area contributed by atoms with Crippen LogP contribution in [0.1, 0.15) is 24.2 Å². The fourth-order valence-corrected chi connectivity index (χ4v) is 2.78. The van der Waals surface area contributed by atoms with E-state index in [1.807, 2.05) is 0 Å². The highest BCUT2D eigenvalue weighted by Crippen LogP contribution is 2.28. The Bertz CT molecular complexity index is 578. The van der Waals surface area contributed by atoms with Crippen LogP contribution in [-0.4, -0.2) is 56.3 Å². The Morgan fingerprint density at radius 3 is 2.91 bits per heavy atom. The number of nitrogen functional groups attached to an aromatic ring is 1. The summed E-state index contributed by atoms with van der Waals surface area (Å²) in [5.41, 5.74) is 6.47. The maximum absolute atomic E-state index is 12.4. The Labute approximate surface area is 141 Å². The first kappa shape index (κ1) is 17.8. The van der Waals surface area contributed by atoms with Gasteiger partial charge in [-0.1, -0.05) is 11.6 Å². The van der Waals surface area contributed by atoms with E-state index in [0.29, 0.717) is 35.2 Å². The number of morpholine rings is 1. The summed E-state index contributed by atoms with van der Waals surface area (Å²) in [6.07, 6.45) is 0. The predicted octanol–water partition coefficient (Wildman–Crippen LogP) is 1.77. The molecule has 23 heavy (non-hydrogen) atoms. The van der Waals surface area contributed by atoms with E-state index in [1.165, 1.54) is 13.2 Å². The second kappa shape index (κ2) is 7.38. The number of hydrogen-bond donors (Lipinski definition) is 2. The van der Waals surface area contributed by atoms with Crippen LogP contribution in [0.15, 0.2) is 12.1 Å². The Kier molecular flexibility index (Phi) is 5.73. The van der Waals surface area contributed by atoms with E-state index in [-0.39, 0.29) is 11.4 Å². The van der Waals surface area contributed by atoms with Crippen LogP contribution < -0.4 is 15.8 Å². The normalized spacial score (nSPS) is 17.7. The Hall–Kier alpha value is -1.50. The summed E-state index contributed by atoms with van der Waals surface area (Å²) in [6.45, 7) is 7.84. The zero-order chi connectivity index (χ0) is 17.0. The first-order valence-electron chi connectivity index (χ1n) is 7.59. The van der Waals surface area contributed by atoms with E-state index in [9.17, 15) is 4.79 Å². The van der Waals surface area contributed by atoms with Crippen LogP contribution in [0.2, 0.25) is 5.02 Å². The standard InChI is InChI=1S/C16H24ClN3O3/c1-16(2)10-23-7-6-20(16)5-4-19-15(21)11-8-12(17)13(18)9-14(11)22-3/h8-9H,4-7,10,18H2,1-3H3,(H,19,21). The van der Waals surface area contributed by atoms with Crippen molar-refractivity contribution in [1.82, 2.24) is 10.2 Å². The highest BCUT2D eigenvalue weighted by Gasteiger charge is 2.30. The molecule has 1 amide bonds. The zero-order valence-corrected chi connectivity index (χ0v) is 14.6. The molecule has 1 aromatic rings. The molecule has 0 atom stereocenters. The van der Waals surface area contributed by atoms with Crippen molar-refractivity contribution in [2.45, 2.75) is 19.4 Å². The third kappa shape index (κ3) is 4.28. The average molecular weight is 342 g/mol. The lowest BCUT2D eigenvalue weighted by Crippen LogP contribution is -2.54. The molecule has 1 fully saturated rings. The van der Waals surface area contributed by atoms with E-state index >= 15 is 0 Å². The van der Waals surface area contributed by atoms with Crippen molar-refractivity contribution in [2.75, 3.05) is 45.7 Å². The van der Waals surface area contributed by atoms with E-state index < -0.39 is 0 Å². The molecule has 0 aliphatic carbocycles. The van der Waals surface area contributed by atoms with Crippen molar-refractivity contribution >= 4 is 23.2 Å². The Morgan fingerprint density at radius 2 is 2.26 bits per heavy atom. The minimum atomic E-state index is -0.227. The number of halogens is 1. The second-order valence-electron chi connectivity index (χ2n) is 6.18. The highest BCUT2D eigenvalue weighted by molar-refractivity contribution is 6.33.